The van der Waals surface area contributed by atoms with Crippen molar-refractivity contribution in [1.82, 2.24) is 0 Å². The quantitative estimate of drug-likeness (QED) is 0.635. The van der Waals surface area contributed by atoms with E-state index in [4.69, 9.17) is 9.05 Å². The van der Waals surface area contributed by atoms with E-state index >= 15 is 0 Å². The molecule has 2 rings (SSSR count). The summed E-state index contributed by atoms with van der Waals surface area (Å²) in [5.41, 5.74) is 0. The smallest absolute Gasteiger partial charge is 0.311 e. The van der Waals surface area contributed by atoms with Crippen molar-refractivity contribution in [3.63, 3.8) is 0 Å². The Morgan fingerprint density at radius 2 is 1.14 bits per heavy atom. The molecule has 0 atom stereocenters. The molecule has 0 aromatic carbocycles. The molecule has 0 heterocycles. The normalized spacial score (nSPS) is 21.7. The molecule has 5 nitrogen and oxygen atoms in total. The first-order valence-electron chi connectivity index (χ1n) is 8.46. The van der Waals surface area contributed by atoms with Crippen LogP contribution in [0, 0.1) is 11.8 Å². The van der Waals surface area contributed by atoms with Crippen molar-refractivity contribution in [2.24, 2.45) is 11.8 Å². The van der Waals surface area contributed by atoms with E-state index in [0.29, 0.717) is 62.3 Å². The molecule has 0 bridgehead atoms. The highest BCUT2D eigenvalue weighted by Crippen LogP contribution is 2.30. The van der Waals surface area contributed by atoms with Crippen molar-refractivity contribution in [2.45, 2.75) is 64.2 Å². The first-order valence-corrected chi connectivity index (χ1v) is 9.69. The highest BCUT2D eigenvalue weighted by Gasteiger charge is 2.20. The van der Waals surface area contributed by atoms with E-state index in [1.807, 2.05) is 0 Å². The number of carbonyl (C=O) groups excluding carboxylic acids is 2. The van der Waals surface area contributed by atoms with Crippen molar-refractivity contribution >= 4 is 19.8 Å². The number of Topliss-reactive ketones (excluding diaryl/α,β-unsaturated/α-hetero) is 2. The molecule has 126 valence electrons. The number of carbonyl (C=O) groups is 2. The Hall–Kier alpha value is -0.510. The van der Waals surface area contributed by atoms with Gasteiger partial charge in [0.1, 0.15) is 11.6 Å². The van der Waals surface area contributed by atoms with E-state index in [9.17, 15) is 14.2 Å². The second-order valence-electron chi connectivity index (χ2n) is 6.49. The van der Waals surface area contributed by atoms with Crippen molar-refractivity contribution in [1.29, 1.82) is 0 Å². The molecule has 2 saturated carbocycles. The third-order valence-electron chi connectivity index (χ3n) is 4.82. The maximum absolute atomic E-state index is 11.7. The van der Waals surface area contributed by atoms with Crippen LogP contribution in [0.4, 0.5) is 0 Å². The molecule has 0 spiro atoms. The van der Waals surface area contributed by atoms with Crippen LogP contribution in [0.25, 0.3) is 0 Å². The first-order chi connectivity index (χ1) is 10.6. The fraction of sp³-hybridized carbons (Fsp3) is 0.875. The number of hydrogen-bond acceptors (Lipinski definition) is 5. The maximum Gasteiger partial charge on any atom is 0.319 e. The summed E-state index contributed by atoms with van der Waals surface area (Å²) in [4.78, 5) is 22.3. The van der Waals surface area contributed by atoms with Gasteiger partial charge in [0.15, 0.2) is 0 Å². The monoisotopic (exact) mass is 330 g/mol. The van der Waals surface area contributed by atoms with Crippen LogP contribution in [0.1, 0.15) is 64.2 Å². The maximum atomic E-state index is 11.7. The lowest BCUT2D eigenvalue weighted by Gasteiger charge is -2.21. The minimum absolute atomic E-state index is 0.360. The Labute approximate surface area is 133 Å². The molecule has 2 aliphatic rings. The fourth-order valence-corrected chi connectivity index (χ4v) is 3.89. The highest BCUT2D eigenvalue weighted by atomic mass is 31.1. The second kappa shape index (κ2) is 9.59. The van der Waals surface area contributed by atoms with Crippen molar-refractivity contribution < 1.29 is 23.2 Å². The predicted molar refractivity (Wildman–Crippen MR) is 84.1 cm³/mol. The van der Waals surface area contributed by atoms with Gasteiger partial charge in [-0.2, -0.15) is 0 Å². The van der Waals surface area contributed by atoms with E-state index < -0.39 is 8.25 Å². The van der Waals surface area contributed by atoms with Gasteiger partial charge < -0.3 is 9.05 Å². The third kappa shape index (κ3) is 6.72. The predicted octanol–water partition coefficient (Wildman–Crippen LogP) is 3.71. The van der Waals surface area contributed by atoms with Gasteiger partial charge in [-0.15, -0.1) is 0 Å². The minimum atomic E-state index is -2.40. The topological polar surface area (TPSA) is 69.7 Å². The Balaban J connectivity index is 1.47. The Morgan fingerprint density at radius 3 is 1.50 bits per heavy atom. The van der Waals surface area contributed by atoms with Gasteiger partial charge in [0.2, 0.25) is 0 Å². The summed E-state index contributed by atoms with van der Waals surface area (Å²) in [6, 6.07) is 0. The molecule has 0 unspecified atom stereocenters. The Morgan fingerprint density at radius 1 is 0.773 bits per heavy atom. The highest BCUT2D eigenvalue weighted by molar-refractivity contribution is 7.33. The molecule has 0 amide bonds. The lowest BCUT2D eigenvalue weighted by molar-refractivity contribution is -0.121. The minimum Gasteiger partial charge on any atom is -0.311 e. The van der Waals surface area contributed by atoms with Gasteiger partial charge in [0.05, 0.1) is 13.2 Å². The molecule has 2 aliphatic carbocycles. The van der Waals surface area contributed by atoms with Gasteiger partial charge in [-0.1, -0.05) is 0 Å². The van der Waals surface area contributed by atoms with Crippen LogP contribution in [0.5, 0.6) is 0 Å². The van der Waals surface area contributed by atoms with Crippen LogP contribution < -0.4 is 0 Å². The van der Waals surface area contributed by atoms with E-state index in [-0.39, 0.29) is 0 Å². The summed E-state index contributed by atoms with van der Waals surface area (Å²) in [7, 11) is -2.40. The Kier molecular flexibility index (Phi) is 7.77. The number of hydrogen-bond donors (Lipinski definition) is 0. The van der Waals surface area contributed by atoms with Crippen molar-refractivity contribution in [2.75, 3.05) is 13.2 Å². The number of rotatable bonds is 8. The lowest BCUT2D eigenvalue weighted by Crippen LogP contribution is -2.15. The van der Waals surface area contributed by atoms with Gasteiger partial charge >= 0.3 is 8.25 Å². The van der Waals surface area contributed by atoms with Gasteiger partial charge in [-0.3, -0.25) is 14.2 Å². The largest absolute Gasteiger partial charge is 0.319 e. The van der Waals surface area contributed by atoms with Crippen LogP contribution in [-0.2, 0) is 23.2 Å². The van der Waals surface area contributed by atoms with Gasteiger partial charge in [-0.05, 0) is 50.4 Å². The summed E-state index contributed by atoms with van der Waals surface area (Å²) in [5, 5.41) is 0. The lowest BCUT2D eigenvalue weighted by atomic mass is 9.86. The van der Waals surface area contributed by atoms with Crippen molar-refractivity contribution in [3.05, 3.63) is 0 Å². The molecular formula is C16H27O5P. The summed E-state index contributed by atoms with van der Waals surface area (Å²) >= 11 is 0. The first kappa shape index (κ1) is 17.8. The summed E-state index contributed by atoms with van der Waals surface area (Å²) < 4.78 is 22.2. The van der Waals surface area contributed by atoms with Crippen LogP contribution in [0.2, 0.25) is 0 Å². The van der Waals surface area contributed by atoms with Gasteiger partial charge in [0.25, 0.3) is 0 Å². The molecule has 0 N–H and O–H groups in total. The van der Waals surface area contributed by atoms with Gasteiger partial charge in [-0.25, -0.2) is 0 Å². The van der Waals surface area contributed by atoms with Crippen LogP contribution in [-0.4, -0.2) is 24.8 Å². The summed E-state index contributed by atoms with van der Waals surface area (Å²) in [5.74, 6) is 1.76. The zero-order chi connectivity index (χ0) is 15.8. The average molecular weight is 330 g/mol. The molecule has 0 aliphatic heterocycles. The Bertz CT molecular complexity index is 353. The summed E-state index contributed by atoms with van der Waals surface area (Å²) in [6.45, 7) is 0.906. The molecule has 0 aromatic heterocycles. The molecule has 6 heteroatoms. The van der Waals surface area contributed by atoms with E-state index in [1.165, 1.54) is 0 Å². The zero-order valence-electron chi connectivity index (χ0n) is 13.2. The second-order valence-corrected chi connectivity index (χ2v) is 7.57. The molecule has 0 saturated heterocycles. The van der Waals surface area contributed by atoms with Gasteiger partial charge in [0, 0.05) is 25.7 Å². The van der Waals surface area contributed by atoms with Crippen LogP contribution in [0.3, 0.4) is 0 Å². The molecule has 0 radical (unpaired) electrons. The standard InChI is InChI=1S/C16H27O5P/c17-15-5-1-13(2-6-15)9-11-20-22(19)21-12-10-14-3-7-16(18)8-4-14/h13-14,22H,1-12H2. The molecule has 22 heavy (non-hydrogen) atoms. The third-order valence-corrected chi connectivity index (χ3v) is 5.70. The van der Waals surface area contributed by atoms with Crippen LogP contribution in [0.15, 0.2) is 0 Å². The molecular weight excluding hydrogens is 303 g/mol. The van der Waals surface area contributed by atoms with E-state index in [0.717, 1.165) is 38.5 Å². The van der Waals surface area contributed by atoms with E-state index in [1.54, 1.807) is 0 Å². The SMILES string of the molecule is O=C1CCC(CCO[PH](=O)OCCC2CCC(=O)CC2)CC1. The fourth-order valence-electron chi connectivity index (χ4n) is 3.24. The molecule has 2 fully saturated rings. The molecule has 0 aromatic rings. The number of ketones is 2. The van der Waals surface area contributed by atoms with Crippen molar-refractivity contribution in [3.8, 4) is 0 Å². The van der Waals surface area contributed by atoms with E-state index in [2.05, 4.69) is 0 Å². The zero-order valence-corrected chi connectivity index (χ0v) is 14.2. The summed E-state index contributed by atoms with van der Waals surface area (Å²) in [6.07, 6.45) is 8.18. The average Bonchev–Trinajstić information content (AvgIpc) is 2.51. The van der Waals surface area contributed by atoms with Crippen LogP contribution >= 0.6 is 8.25 Å².